The summed E-state index contributed by atoms with van der Waals surface area (Å²) in [4.78, 5) is 23.9. The molecule has 0 aromatic heterocycles. The van der Waals surface area contributed by atoms with Crippen LogP contribution in [0.25, 0.3) is 0 Å². The van der Waals surface area contributed by atoms with E-state index in [2.05, 4.69) is 0 Å². The van der Waals surface area contributed by atoms with Gasteiger partial charge in [-0.2, -0.15) is 0 Å². The van der Waals surface area contributed by atoms with E-state index in [-0.39, 0.29) is 36.2 Å². The van der Waals surface area contributed by atoms with E-state index in [9.17, 15) is 14.7 Å². The number of anilines is 1. The minimum atomic E-state index is -1.22. The monoisotopic (exact) mass is 251 g/mol. The highest BCUT2D eigenvalue weighted by Gasteiger charge is 2.30. The maximum Gasteiger partial charge on any atom is 0.339 e. The van der Waals surface area contributed by atoms with Crippen molar-refractivity contribution in [3.63, 3.8) is 0 Å². The van der Waals surface area contributed by atoms with E-state index in [0.717, 1.165) is 0 Å². The molecule has 18 heavy (non-hydrogen) atoms. The zero-order chi connectivity index (χ0) is 13.3. The van der Waals surface area contributed by atoms with Crippen molar-refractivity contribution in [1.29, 1.82) is 0 Å². The van der Waals surface area contributed by atoms with Crippen molar-refractivity contribution in [2.24, 2.45) is 5.92 Å². The third-order valence-corrected chi connectivity index (χ3v) is 2.99. The number of hydrogen-bond acceptors (Lipinski definition) is 4. The van der Waals surface area contributed by atoms with Gasteiger partial charge in [-0.3, -0.25) is 4.79 Å². The number of aromatic carboxylic acids is 1. The summed E-state index contributed by atoms with van der Waals surface area (Å²) in [6, 6.07) is 3.98. The normalized spacial score (nSPS) is 19.3. The molecular weight excluding hydrogens is 238 g/mol. The lowest BCUT2D eigenvalue weighted by molar-refractivity contribution is -0.117. The van der Waals surface area contributed by atoms with Crippen molar-refractivity contribution in [3.05, 3.63) is 23.8 Å². The summed E-state index contributed by atoms with van der Waals surface area (Å²) in [6.45, 7) is 0.308. The fourth-order valence-electron chi connectivity index (χ4n) is 2.02. The number of benzene rings is 1. The Hall–Kier alpha value is -2.08. The van der Waals surface area contributed by atoms with Crippen molar-refractivity contribution in [3.8, 4) is 5.75 Å². The summed E-state index contributed by atoms with van der Waals surface area (Å²) in [5.74, 6) is -1.85. The number of nitrogens with zero attached hydrogens (tertiary/aromatic N) is 1. The number of carboxylic acids is 1. The number of phenols is 1. The van der Waals surface area contributed by atoms with Gasteiger partial charge in [0.25, 0.3) is 0 Å². The summed E-state index contributed by atoms with van der Waals surface area (Å²) in [6.07, 6.45) is 0.262. The molecule has 1 aliphatic rings. The molecule has 0 bridgehead atoms. The molecule has 6 heteroatoms. The molecule has 1 aliphatic heterocycles. The lowest BCUT2D eigenvalue weighted by atomic mass is 10.1. The highest BCUT2D eigenvalue weighted by molar-refractivity contribution is 5.97. The summed E-state index contributed by atoms with van der Waals surface area (Å²) in [5, 5.41) is 27.4. The standard InChI is InChI=1S/C12H13NO5/c14-6-7-3-11(16)13(5-7)8-1-2-9(12(17)18)10(15)4-8/h1-2,4,7,14-15H,3,5-6H2,(H,17,18). The maximum atomic E-state index is 11.7. The zero-order valence-electron chi connectivity index (χ0n) is 9.54. The molecule has 0 aliphatic carbocycles. The van der Waals surface area contributed by atoms with Gasteiger partial charge in [-0.25, -0.2) is 4.79 Å². The van der Waals surface area contributed by atoms with Gasteiger partial charge in [-0.15, -0.1) is 0 Å². The van der Waals surface area contributed by atoms with Gasteiger partial charge in [0.1, 0.15) is 11.3 Å². The molecule has 1 heterocycles. The van der Waals surface area contributed by atoms with E-state index in [1.807, 2.05) is 0 Å². The minimum Gasteiger partial charge on any atom is -0.507 e. The van der Waals surface area contributed by atoms with Gasteiger partial charge < -0.3 is 20.2 Å². The van der Waals surface area contributed by atoms with Crippen molar-refractivity contribution in [2.45, 2.75) is 6.42 Å². The Kier molecular flexibility index (Phi) is 3.20. The molecule has 1 aromatic carbocycles. The summed E-state index contributed by atoms with van der Waals surface area (Å²) in [7, 11) is 0. The fraction of sp³-hybridized carbons (Fsp3) is 0.333. The van der Waals surface area contributed by atoms with Gasteiger partial charge in [-0.1, -0.05) is 0 Å². The van der Waals surface area contributed by atoms with Crippen molar-refractivity contribution < 1.29 is 24.9 Å². The van der Waals surface area contributed by atoms with Crippen LogP contribution in [0, 0.1) is 5.92 Å². The third kappa shape index (κ3) is 2.14. The number of aromatic hydroxyl groups is 1. The second kappa shape index (κ2) is 4.66. The van der Waals surface area contributed by atoms with Crippen molar-refractivity contribution in [1.82, 2.24) is 0 Å². The Morgan fingerprint density at radius 2 is 2.17 bits per heavy atom. The highest BCUT2D eigenvalue weighted by Crippen LogP contribution is 2.29. The number of carbonyl (C=O) groups is 2. The van der Waals surface area contributed by atoms with Gasteiger partial charge in [0.2, 0.25) is 5.91 Å². The first-order valence-corrected chi connectivity index (χ1v) is 5.50. The highest BCUT2D eigenvalue weighted by atomic mass is 16.4. The van der Waals surface area contributed by atoms with E-state index < -0.39 is 5.97 Å². The molecule has 1 atom stereocenters. The molecule has 0 radical (unpaired) electrons. The second-order valence-corrected chi connectivity index (χ2v) is 4.26. The largest absolute Gasteiger partial charge is 0.507 e. The first-order valence-electron chi connectivity index (χ1n) is 5.50. The summed E-state index contributed by atoms with van der Waals surface area (Å²) in [5.41, 5.74) is 0.238. The van der Waals surface area contributed by atoms with Crippen LogP contribution in [0.4, 0.5) is 5.69 Å². The SMILES string of the molecule is O=C(O)c1ccc(N2CC(CO)CC2=O)cc1O. The molecule has 1 amide bonds. The Balaban J connectivity index is 2.27. The minimum absolute atomic E-state index is 0.0680. The zero-order valence-corrected chi connectivity index (χ0v) is 9.54. The predicted molar refractivity (Wildman–Crippen MR) is 62.6 cm³/mol. The van der Waals surface area contributed by atoms with Gasteiger partial charge in [0, 0.05) is 37.2 Å². The Labute approximate surface area is 103 Å². The van der Waals surface area contributed by atoms with Crippen molar-refractivity contribution >= 4 is 17.6 Å². The van der Waals surface area contributed by atoms with E-state index in [4.69, 9.17) is 10.2 Å². The average molecular weight is 251 g/mol. The lowest BCUT2D eigenvalue weighted by Gasteiger charge is -2.17. The van der Waals surface area contributed by atoms with Gasteiger partial charge in [-0.05, 0) is 12.1 Å². The van der Waals surface area contributed by atoms with Crippen LogP contribution in [0.3, 0.4) is 0 Å². The number of aliphatic hydroxyl groups excluding tert-OH is 1. The van der Waals surface area contributed by atoms with E-state index in [0.29, 0.717) is 12.2 Å². The van der Waals surface area contributed by atoms with Crippen LogP contribution >= 0.6 is 0 Å². The van der Waals surface area contributed by atoms with Crippen LogP contribution in [-0.4, -0.2) is 40.3 Å². The lowest BCUT2D eigenvalue weighted by Crippen LogP contribution is -2.24. The quantitative estimate of drug-likeness (QED) is 0.724. The van der Waals surface area contributed by atoms with E-state index >= 15 is 0 Å². The Morgan fingerprint density at radius 3 is 2.67 bits per heavy atom. The molecule has 6 nitrogen and oxygen atoms in total. The number of amides is 1. The molecule has 1 fully saturated rings. The molecule has 0 saturated carbocycles. The first kappa shape index (κ1) is 12.4. The van der Waals surface area contributed by atoms with Crippen LogP contribution in [0.5, 0.6) is 5.75 Å². The number of carbonyl (C=O) groups excluding carboxylic acids is 1. The molecule has 2 rings (SSSR count). The molecule has 1 aromatic rings. The van der Waals surface area contributed by atoms with Crippen LogP contribution in [0.1, 0.15) is 16.8 Å². The first-order chi connectivity index (χ1) is 8.52. The van der Waals surface area contributed by atoms with Gasteiger partial charge >= 0.3 is 5.97 Å². The second-order valence-electron chi connectivity index (χ2n) is 4.26. The smallest absolute Gasteiger partial charge is 0.339 e. The molecular formula is C12H13NO5. The van der Waals surface area contributed by atoms with Gasteiger partial charge in [0.15, 0.2) is 0 Å². The molecule has 0 spiro atoms. The average Bonchev–Trinajstić information content (AvgIpc) is 2.70. The molecule has 1 unspecified atom stereocenters. The Morgan fingerprint density at radius 1 is 1.44 bits per heavy atom. The third-order valence-electron chi connectivity index (χ3n) is 2.99. The van der Waals surface area contributed by atoms with E-state index in [1.165, 1.54) is 23.1 Å². The van der Waals surface area contributed by atoms with Gasteiger partial charge in [0.05, 0.1) is 0 Å². The predicted octanol–water partition coefficient (Wildman–Crippen LogP) is 0.436. The summed E-state index contributed by atoms with van der Waals surface area (Å²) >= 11 is 0. The van der Waals surface area contributed by atoms with Crippen LogP contribution in [-0.2, 0) is 4.79 Å². The number of hydrogen-bond donors (Lipinski definition) is 3. The van der Waals surface area contributed by atoms with E-state index in [1.54, 1.807) is 0 Å². The number of carboxylic acid groups (broad SMARTS) is 1. The molecule has 3 N–H and O–H groups in total. The molecule has 96 valence electrons. The molecule has 1 saturated heterocycles. The number of rotatable bonds is 3. The maximum absolute atomic E-state index is 11.7. The number of aliphatic hydroxyl groups is 1. The van der Waals surface area contributed by atoms with Crippen LogP contribution < -0.4 is 4.90 Å². The van der Waals surface area contributed by atoms with Crippen LogP contribution in [0.2, 0.25) is 0 Å². The Bertz CT molecular complexity index is 499. The fourth-order valence-corrected chi connectivity index (χ4v) is 2.02. The van der Waals surface area contributed by atoms with Crippen molar-refractivity contribution in [2.75, 3.05) is 18.1 Å². The van der Waals surface area contributed by atoms with Crippen LogP contribution in [0.15, 0.2) is 18.2 Å². The summed E-state index contributed by atoms with van der Waals surface area (Å²) < 4.78 is 0. The topological polar surface area (TPSA) is 98.1 Å².